The second-order valence-electron chi connectivity index (χ2n) is 3.99. The summed E-state index contributed by atoms with van der Waals surface area (Å²) in [5.74, 6) is 0.473. The summed E-state index contributed by atoms with van der Waals surface area (Å²) in [6.07, 6.45) is 7.64. The van der Waals surface area contributed by atoms with Gasteiger partial charge in [0.2, 0.25) is 0 Å². The van der Waals surface area contributed by atoms with Crippen LogP contribution in [0.1, 0.15) is 19.8 Å². The third kappa shape index (κ3) is 6.43. The summed E-state index contributed by atoms with van der Waals surface area (Å²) in [7, 11) is -2.82. The topological polar surface area (TPSA) is 64.0 Å². The molecule has 0 aliphatic carbocycles. The molecule has 0 atom stereocenters. The SMILES string of the molecule is CCS(=O)(=O)CCNCCCCn1ccnc1. The van der Waals surface area contributed by atoms with Gasteiger partial charge in [0.15, 0.2) is 9.84 Å². The molecule has 0 radical (unpaired) electrons. The van der Waals surface area contributed by atoms with Gasteiger partial charge in [-0.1, -0.05) is 6.92 Å². The van der Waals surface area contributed by atoms with E-state index in [9.17, 15) is 8.42 Å². The summed E-state index contributed by atoms with van der Waals surface area (Å²) < 4.78 is 24.4. The predicted molar refractivity (Wildman–Crippen MR) is 68.7 cm³/mol. The summed E-state index contributed by atoms with van der Waals surface area (Å²) >= 11 is 0. The third-order valence-corrected chi connectivity index (χ3v) is 4.31. The van der Waals surface area contributed by atoms with E-state index >= 15 is 0 Å². The van der Waals surface area contributed by atoms with Crippen LogP contribution in [0, 0.1) is 0 Å². The molecule has 1 aromatic rings. The zero-order valence-corrected chi connectivity index (χ0v) is 11.1. The van der Waals surface area contributed by atoms with Crippen molar-refractivity contribution < 1.29 is 8.42 Å². The Labute approximate surface area is 103 Å². The van der Waals surface area contributed by atoms with Crippen LogP contribution in [-0.4, -0.2) is 42.6 Å². The molecule has 0 fully saturated rings. The maximum absolute atomic E-state index is 11.2. The molecule has 0 bridgehead atoms. The summed E-state index contributed by atoms with van der Waals surface area (Å²) in [6, 6.07) is 0. The quantitative estimate of drug-likeness (QED) is 0.663. The van der Waals surface area contributed by atoms with E-state index in [1.54, 1.807) is 19.4 Å². The van der Waals surface area contributed by atoms with Gasteiger partial charge in [-0.05, 0) is 19.4 Å². The standard InChI is InChI=1S/C11H21N3O2S/c1-2-17(15,16)10-7-12-5-3-4-8-14-9-6-13-11-14/h6,9,11-12H,2-5,7-8,10H2,1H3. The number of nitrogens with zero attached hydrogens (tertiary/aromatic N) is 2. The highest BCUT2D eigenvalue weighted by Gasteiger charge is 2.05. The molecule has 0 spiro atoms. The number of imidazole rings is 1. The molecular formula is C11H21N3O2S. The van der Waals surface area contributed by atoms with Crippen molar-refractivity contribution in [3.05, 3.63) is 18.7 Å². The van der Waals surface area contributed by atoms with Crippen LogP contribution in [0.3, 0.4) is 0 Å². The maximum Gasteiger partial charge on any atom is 0.151 e. The molecule has 98 valence electrons. The van der Waals surface area contributed by atoms with E-state index in [1.165, 1.54) is 0 Å². The minimum atomic E-state index is -2.82. The molecule has 0 saturated carbocycles. The molecule has 0 unspecified atom stereocenters. The van der Waals surface area contributed by atoms with Crippen LogP contribution >= 0.6 is 0 Å². The second-order valence-corrected chi connectivity index (χ2v) is 6.47. The van der Waals surface area contributed by atoms with Gasteiger partial charge in [-0.2, -0.15) is 0 Å². The van der Waals surface area contributed by atoms with Crippen LogP contribution in [0.25, 0.3) is 0 Å². The van der Waals surface area contributed by atoms with Gasteiger partial charge in [0, 0.05) is 31.2 Å². The molecule has 17 heavy (non-hydrogen) atoms. The van der Waals surface area contributed by atoms with E-state index in [2.05, 4.69) is 10.3 Å². The van der Waals surface area contributed by atoms with Crippen molar-refractivity contribution in [2.45, 2.75) is 26.3 Å². The fourth-order valence-corrected chi connectivity index (χ4v) is 2.20. The average molecular weight is 259 g/mol. The number of sulfone groups is 1. The molecule has 1 heterocycles. The van der Waals surface area contributed by atoms with Crippen LogP contribution < -0.4 is 5.32 Å². The lowest BCUT2D eigenvalue weighted by Crippen LogP contribution is -2.24. The van der Waals surface area contributed by atoms with E-state index in [-0.39, 0.29) is 11.5 Å². The van der Waals surface area contributed by atoms with Crippen molar-refractivity contribution in [2.75, 3.05) is 24.6 Å². The third-order valence-electron chi connectivity index (χ3n) is 2.61. The number of nitrogens with one attached hydrogen (secondary N) is 1. The van der Waals surface area contributed by atoms with Gasteiger partial charge in [0.25, 0.3) is 0 Å². The van der Waals surface area contributed by atoms with Crippen LogP contribution in [0.15, 0.2) is 18.7 Å². The van der Waals surface area contributed by atoms with Crippen molar-refractivity contribution in [2.24, 2.45) is 0 Å². The fraction of sp³-hybridized carbons (Fsp3) is 0.727. The summed E-state index contributed by atoms with van der Waals surface area (Å²) in [5.41, 5.74) is 0. The van der Waals surface area contributed by atoms with Crippen molar-refractivity contribution in [3.8, 4) is 0 Å². The summed E-state index contributed by atoms with van der Waals surface area (Å²) in [4.78, 5) is 3.97. The normalized spacial score (nSPS) is 11.8. The Morgan fingerprint density at radius 3 is 2.76 bits per heavy atom. The zero-order valence-electron chi connectivity index (χ0n) is 10.3. The van der Waals surface area contributed by atoms with Crippen molar-refractivity contribution in [1.82, 2.24) is 14.9 Å². The zero-order chi connectivity index (χ0) is 12.6. The smallest absolute Gasteiger partial charge is 0.151 e. The van der Waals surface area contributed by atoms with Crippen molar-refractivity contribution in [1.29, 1.82) is 0 Å². The van der Waals surface area contributed by atoms with Crippen molar-refractivity contribution in [3.63, 3.8) is 0 Å². The van der Waals surface area contributed by atoms with Crippen LogP contribution in [0.4, 0.5) is 0 Å². The van der Waals surface area contributed by atoms with Crippen LogP contribution in [0.2, 0.25) is 0 Å². The number of aromatic nitrogens is 2. The first-order valence-corrected chi connectivity index (χ1v) is 7.83. The minimum absolute atomic E-state index is 0.231. The van der Waals surface area contributed by atoms with Gasteiger partial charge in [0.1, 0.15) is 0 Å². The lowest BCUT2D eigenvalue weighted by Gasteiger charge is -2.05. The molecule has 0 amide bonds. The van der Waals surface area contributed by atoms with Gasteiger partial charge < -0.3 is 9.88 Å². The molecule has 0 aliphatic rings. The highest BCUT2D eigenvalue weighted by Crippen LogP contribution is 1.94. The molecular weight excluding hydrogens is 238 g/mol. The van der Waals surface area contributed by atoms with E-state index in [4.69, 9.17) is 0 Å². The second kappa shape index (κ2) is 7.45. The van der Waals surface area contributed by atoms with Gasteiger partial charge in [0.05, 0.1) is 12.1 Å². The Kier molecular flexibility index (Phi) is 6.21. The lowest BCUT2D eigenvalue weighted by atomic mass is 10.3. The first-order valence-electron chi connectivity index (χ1n) is 6.01. The number of aryl methyl sites for hydroxylation is 1. The highest BCUT2D eigenvalue weighted by atomic mass is 32.2. The van der Waals surface area contributed by atoms with Crippen LogP contribution in [0.5, 0.6) is 0 Å². The molecule has 0 aliphatic heterocycles. The molecule has 1 N–H and O–H groups in total. The molecule has 5 nitrogen and oxygen atoms in total. The molecule has 0 aromatic carbocycles. The maximum atomic E-state index is 11.2. The van der Waals surface area contributed by atoms with Gasteiger partial charge >= 0.3 is 0 Å². The van der Waals surface area contributed by atoms with Crippen LogP contribution in [-0.2, 0) is 16.4 Å². The molecule has 6 heteroatoms. The van der Waals surface area contributed by atoms with E-state index in [0.717, 1.165) is 25.9 Å². The van der Waals surface area contributed by atoms with Gasteiger partial charge in [-0.3, -0.25) is 0 Å². The van der Waals surface area contributed by atoms with Gasteiger partial charge in [-0.25, -0.2) is 13.4 Å². The number of hydrogen-bond acceptors (Lipinski definition) is 4. The monoisotopic (exact) mass is 259 g/mol. The molecule has 0 saturated heterocycles. The van der Waals surface area contributed by atoms with Gasteiger partial charge in [-0.15, -0.1) is 0 Å². The number of unbranched alkanes of at least 4 members (excludes halogenated alkanes) is 1. The fourth-order valence-electron chi connectivity index (χ4n) is 1.46. The lowest BCUT2D eigenvalue weighted by molar-refractivity contribution is 0.569. The largest absolute Gasteiger partial charge is 0.337 e. The first kappa shape index (κ1) is 14.2. The van der Waals surface area contributed by atoms with E-state index in [1.807, 2.05) is 10.8 Å². The first-order chi connectivity index (χ1) is 8.14. The number of rotatable bonds is 9. The Morgan fingerprint density at radius 2 is 2.12 bits per heavy atom. The Hall–Kier alpha value is -0.880. The minimum Gasteiger partial charge on any atom is -0.337 e. The van der Waals surface area contributed by atoms with E-state index < -0.39 is 9.84 Å². The van der Waals surface area contributed by atoms with Crippen molar-refractivity contribution >= 4 is 9.84 Å². The summed E-state index contributed by atoms with van der Waals surface area (Å²) in [5, 5.41) is 3.15. The Bertz CT molecular complexity index is 387. The molecule has 1 aromatic heterocycles. The molecule has 1 rings (SSSR count). The number of hydrogen-bond donors (Lipinski definition) is 1. The Balaban J connectivity index is 1.95. The average Bonchev–Trinajstić information content (AvgIpc) is 2.81. The van der Waals surface area contributed by atoms with E-state index in [0.29, 0.717) is 6.54 Å². The summed E-state index contributed by atoms with van der Waals surface area (Å²) in [6.45, 7) is 4.07. The highest BCUT2D eigenvalue weighted by molar-refractivity contribution is 7.91. The predicted octanol–water partition coefficient (Wildman–Crippen LogP) is 0.688. The Morgan fingerprint density at radius 1 is 1.29 bits per heavy atom.